The minimum Gasteiger partial charge on any atom is -0.491 e. The summed E-state index contributed by atoms with van der Waals surface area (Å²) in [5, 5.41) is 10.4. The molecule has 6 heteroatoms. The van der Waals surface area contributed by atoms with Crippen LogP contribution < -0.4 is 19.1 Å². The lowest BCUT2D eigenvalue weighted by molar-refractivity contribution is 0.0554. The number of likely N-dealkylation sites (tertiary alicyclic amines) is 1. The van der Waals surface area contributed by atoms with Crippen LogP contribution in [-0.4, -0.2) is 62.2 Å². The second-order valence-corrected chi connectivity index (χ2v) is 8.55. The molecule has 30 heavy (non-hydrogen) atoms. The normalized spacial score (nSPS) is 19.7. The highest BCUT2D eigenvalue weighted by molar-refractivity contribution is 5.57. The molecule has 0 aromatic heterocycles. The summed E-state index contributed by atoms with van der Waals surface area (Å²) < 4.78 is 16.4. The summed E-state index contributed by atoms with van der Waals surface area (Å²) in [6, 6.07) is 14.3. The zero-order chi connectivity index (χ0) is 20.3. The molecule has 0 radical (unpaired) electrons. The maximum atomic E-state index is 10.4. The summed E-state index contributed by atoms with van der Waals surface area (Å²) in [5.41, 5.74) is 2.91. The third-order valence-electron chi connectivity index (χ3n) is 6.42. The van der Waals surface area contributed by atoms with Crippen LogP contribution in [0, 0.1) is 5.92 Å². The SMILES string of the molecule is OC(COc1ccc2c(c1)OCO2)CN1CCC(CN2CCc3ccccc32)CC1. The molecule has 0 amide bonds. The Balaban J connectivity index is 1.04. The fraction of sp³-hybridized carbons (Fsp3) is 0.500. The van der Waals surface area contributed by atoms with E-state index in [1.165, 1.54) is 30.5 Å². The van der Waals surface area contributed by atoms with Crippen LogP contribution in [0.3, 0.4) is 0 Å². The van der Waals surface area contributed by atoms with Crippen molar-refractivity contribution < 1.29 is 19.3 Å². The number of hydrogen-bond acceptors (Lipinski definition) is 6. The predicted molar refractivity (Wildman–Crippen MR) is 116 cm³/mol. The Morgan fingerprint density at radius 2 is 1.87 bits per heavy atom. The first-order chi connectivity index (χ1) is 14.7. The van der Waals surface area contributed by atoms with Crippen molar-refractivity contribution in [1.82, 2.24) is 4.90 Å². The average molecular weight is 411 g/mol. The lowest BCUT2D eigenvalue weighted by atomic mass is 9.96. The Morgan fingerprint density at radius 1 is 1.03 bits per heavy atom. The molecule has 2 aromatic rings. The molecule has 3 heterocycles. The van der Waals surface area contributed by atoms with E-state index in [1.807, 2.05) is 18.2 Å². The molecule has 0 aliphatic carbocycles. The Hall–Kier alpha value is -2.44. The molecule has 2 aromatic carbocycles. The molecule has 1 fully saturated rings. The van der Waals surface area contributed by atoms with E-state index in [-0.39, 0.29) is 13.4 Å². The quantitative estimate of drug-likeness (QED) is 0.758. The van der Waals surface area contributed by atoms with Gasteiger partial charge in [-0.3, -0.25) is 0 Å². The molecule has 0 spiro atoms. The number of ether oxygens (including phenoxy) is 3. The summed E-state index contributed by atoms with van der Waals surface area (Å²) in [4.78, 5) is 4.92. The van der Waals surface area contributed by atoms with Gasteiger partial charge in [0.15, 0.2) is 11.5 Å². The molecule has 1 unspecified atom stereocenters. The summed E-state index contributed by atoms with van der Waals surface area (Å²) in [6.07, 6.45) is 3.05. The van der Waals surface area contributed by atoms with Crippen molar-refractivity contribution in [3.8, 4) is 17.2 Å². The van der Waals surface area contributed by atoms with Gasteiger partial charge < -0.3 is 29.1 Å². The average Bonchev–Trinajstić information content (AvgIpc) is 3.40. The minimum absolute atomic E-state index is 0.252. The van der Waals surface area contributed by atoms with Crippen LogP contribution in [0.4, 0.5) is 5.69 Å². The van der Waals surface area contributed by atoms with Gasteiger partial charge in [-0.15, -0.1) is 0 Å². The van der Waals surface area contributed by atoms with E-state index in [4.69, 9.17) is 14.2 Å². The summed E-state index contributed by atoms with van der Waals surface area (Å²) >= 11 is 0. The number of fused-ring (bicyclic) bond motifs is 2. The van der Waals surface area contributed by atoms with Gasteiger partial charge in [-0.25, -0.2) is 0 Å². The first-order valence-electron chi connectivity index (χ1n) is 11.0. The smallest absolute Gasteiger partial charge is 0.231 e. The Morgan fingerprint density at radius 3 is 2.77 bits per heavy atom. The number of rotatable bonds is 7. The van der Waals surface area contributed by atoms with Gasteiger partial charge >= 0.3 is 0 Å². The second kappa shape index (κ2) is 8.74. The molecule has 6 nitrogen and oxygen atoms in total. The van der Waals surface area contributed by atoms with Crippen LogP contribution in [0.5, 0.6) is 17.2 Å². The van der Waals surface area contributed by atoms with Crippen LogP contribution in [0.2, 0.25) is 0 Å². The number of hydrogen-bond donors (Lipinski definition) is 1. The number of para-hydroxylation sites is 1. The molecule has 5 rings (SSSR count). The fourth-order valence-corrected chi connectivity index (χ4v) is 4.77. The van der Waals surface area contributed by atoms with E-state index < -0.39 is 6.10 Å². The highest BCUT2D eigenvalue weighted by Gasteiger charge is 2.26. The molecule has 3 aliphatic heterocycles. The van der Waals surface area contributed by atoms with Gasteiger partial charge in [-0.2, -0.15) is 0 Å². The zero-order valence-electron chi connectivity index (χ0n) is 17.3. The van der Waals surface area contributed by atoms with Crippen molar-refractivity contribution in [1.29, 1.82) is 0 Å². The largest absolute Gasteiger partial charge is 0.491 e. The fourth-order valence-electron chi connectivity index (χ4n) is 4.77. The van der Waals surface area contributed by atoms with Gasteiger partial charge in [0.2, 0.25) is 6.79 Å². The van der Waals surface area contributed by atoms with Crippen LogP contribution in [0.25, 0.3) is 0 Å². The first kappa shape index (κ1) is 19.5. The lowest BCUT2D eigenvalue weighted by Crippen LogP contribution is -2.42. The Labute approximate surface area is 178 Å². The number of benzene rings is 2. The number of aliphatic hydroxyl groups excluding tert-OH is 1. The van der Waals surface area contributed by atoms with Gasteiger partial charge in [0, 0.05) is 31.4 Å². The van der Waals surface area contributed by atoms with Gasteiger partial charge in [-0.1, -0.05) is 18.2 Å². The number of β-amino-alcohol motifs (C(OH)–C–C–N with tert-alkyl or cyclic N) is 1. The second-order valence-electron chi connectivity index (χ2n) is 8.55. The van der Waals surface area contributed by atoms with Crippen molar-refractivity contribution in [3.05, 3.63) is 48.0 Å². The number of aliphatic hydroxyl groups is 1. The van der Waals surface area contributed by atoms with E-state index in [0.29, 0.717) is 18.0 Å². The van der Waals surface area contributed by atoms with Gasteiger partial charge in [0.25, 0.3) is 0 Å². The summed E-state index contributed by atoms with van der Waals surface area (Å²) in [7, 11) is 0. The van der Waals surface area contributed by atoms with Crippen molar-refractivity contribution in [3.63, 3.8) is 0 Å². The molecular formula is C24H30N2O4. The first-order valence-corrected chi connectivity index (χ1v) is 11.0. The van der Waals surface area contributed by atoms with E-state index in [2.05, 4.69) is 34.1 Å². The molecule has 160 valence electrons. The zero-order valence-corrected chi connectivity index (χ0v) is 17.3. The van der Waals surface area contributed by atoms with Crippen LogP contribution in [0.1, 0.15) is 18.4 Å². The lowest BCUT2D eigenvalue weighted by Gasteiger charge is -2.35. The highest BCUT2D eigenvalue weighted by Crippen LogP contribution is 2.35. The van der Waals surface area contributed by atoms with Crippen molar-refractivity contribution in [2.24, 2.45) is 5.92 Å². The van der Waals surface area contributed by atoms with Gasteiger partial charge in [-0.05, 0) is 62.0 Å². The molecular weight excluding hydrogens is 380 g/mol. The van der Waals surface area contributed by atoms with E-state index in [0.717, 1.165) is 37.8 Å². The molecule has 3 aliphatic rings. The van der Waals surface area contributed by atoms with E-state index in [9.17, 15) is 5.11 Å². The third-order valence-corrected chi connectivity index (χ3v) is 6.42. The molecule has 1 N–H and O–H groups in total. The van der Waals surface area contributed by atoms with E-state index in [1.54, 1.807) is 0 Å². The molecule has 1 saturated heterocycles. The topological polar surface area (TPSA) is 54.4 Å². The predicted octanol–water partition coefficient (Wildman–Crippen LogP) is 2.93. The van der Waals surface area contributed by atoms with Gasteiger partial charge in [0.05, 0.1) is 0 Å². The van der Waals surface area contributed by atoms with Crippen molar-refractivity contribution in [2.45, 2.75) is 25.4 Å². The number of piperidine rings is 1. The van der Waals surface area contributed by atoms with Crippen LogP contribution >= 0.6 is 0 Å². The molecule has 0 saturated carbocycles. The minimum atomic E-state index is -0.502. The van der Waals surface area contributed by atoms with Crippen molar-refractivity contribution in [2.75, 3.05) is 51.0 Å². The Bertz CT molecular complexity index is 866. The van der Waals surface area contributed by atoms with E-state index >= 15 is 0 Å². The molecule has 1 atom stereocenters. The number of anilines is 1. The van der Waals surface area contributed by atoms with Crippen molar-refractivity contribution >= 4 is 5.69 Å². The third kappa shape index (κ3) is 4.35. The standard InChI is InChI=1S/C24H30N2O4/c27-20(16-28-21-5-6-23-24(13-21)30-17-29-23)15-25-10-7-18(8-11-25)14-26-12-9-19-3-1-2-4-22(19)26/h1-6,13,18,20,27H,7-12,14-17H2. The maximum Gasteiger partial charge on any atom is 0.231 e. The molecule has 0 bridgehead atoms. The monoisotopic (exact) mass is 410 g/mol. The highest BCUT2D eigenvalue weighted by atomic mass is 16.7. The number of nitrogens with zero attached hydrogens (tertiary/aromatic N) is 2. The van der Waals surface area contributed by atoms with Crippen LogP contribution in [0.15, 0.2) is 42.5 Å². The summed E-state index contributed by atoms with van der Waals surface area (Å²) in [6.45, 7) is 5.58. The van der Waals surface area contributed by atoms with Gasteiger partial charge in [0.1, 0.15) is 18.5 Å². The maximum absolute atomic E-state index is 10.4. The van der Waals surface area contributed by atoms with Crippen LogP contribution in [-0.2, 0) is 6.42 Å². The summed E-state index contributed by atoms with van der Waals surface area (Å²) in [5.74, 6) is 2.87. The Kier molecular flexibility index (Phi) is 5.69.